The summed E-state index contributed by atoms with van der Waals surface area (Å²) in [5, 5.41) is 2.84. The summed E-state index contributed by atoms with van der Waals surface area (Å²) in [7, 11) is 0. The summed E-state index contributed by atoms with van der Waals surface area (Å²) >= 11 is 0. The SMILES string of the molecule is Cc1cc(OCCN2CCOCC2)ccc1-c1nc2cccc(C(=O)Nc3ccccn3)c2[nH]1. The minimum Gasteiger partial charge on any atom is -0.492 e. The Hall–Kier alpha value is -3.75. The number of hydrogen-bond acceptors (Lipinski definition) is 6. The fourth-order valence-corrected chi connectivity index (χ4v) is 4.08. The number of morpholine rings is 1. The van der Waals surface area contributed by atoms with Gasteiger partial charge in [-0.05, 0) is 55.0 Å². The second-order valence-corrected chi connectivity index (χ2v) is 8.23. The number of hydrogen-bond donors (Lipinski definition) is 2. The number of para-hydroxylation sites is 1. The third-order valence-corrected chi connectivity index (χ3v) is 5.90. The first-order valence-corrected chi connectivity index (χ1v) is 11.4. The third kappa shape index (κ3) is 4.93. The van der Waals surface area contributed by atoms with Crippen LogP contribution < -0.4 is 10.1 Å². The molecule has 1 saturated heterocycles. The highest BCUT2D eigenvalue weighted by molar-refractivity contribution is 6.11. The molecule has 2 aromatic carbocycles. The lowest BCUT2D eigenvalue weighted by Gasteiger charge is -2.26. The fraction of sp³-hybridized carbons (Fsp3) is 0.269. The molecule has 1 fully saturated rings. The number of imidazole rings is 1. The number of pyridine rings is 1. The molecule has 0 unspecified atom stereocenters. The van der Waals surface area contributed by atoms with Crippen LogP contribution >= 0.6 is 0 Å². The number of aromatic nitrogens is 3. The highest BCUT2D eigenvalue weighted by Gasteiger charge is 2.16. The minimum absolute atomic E-state index is 0.236. The number of aryl methyl sites for hydroxylation is 1. The second kappa shape index (κ2) is 10.0. The molecule has 1 aliphatic heterocycles. The van der Waals surface area contributed by atoms with Crippen LogP contribution in [0.4, 0.5) is 5.82 Å². The Kier molecular flexibility index (Phi) is 6.51. The van der Waals surface area contributed by atoms with Crippen LogP contribution in [0.3, 0.4) is 0 Å². The molecule has 0 atom stereocenters. The van der Waals surface area contributed by atoms with E-state index in [9.17, 15) is 4.79 Å². The van der Waals surface area contributed by atoms with Crippen LogP contribution in [0.1, 0.15) is 15.9 Å². The van der Waals surface area contributed by atoms with Gasteiger partial charge in [-0.15, -0.1) is 0 Å². The van der Waals surface area contributed by atoms with E-state index in [1.54, 1.807) is 24.4 Å². The van der Waals surface area contributed by atoms with Crippen LogP contribution in [0.2, 0.25) is 0 Å². The fourth-order valence-electron chi connectivity index (χ4n) is 4.08. The van der Waals surface area contributed by atoms with Gasteiger partial charge in [-0.2, -0.15) is 0 Å². The van der Waals surface area contributed by atoms with Gasteiger partial charge in [0.05, 0.1) is 29.8 Å². The minimum atomic E-state index is -0.236. The molecular formula is C26H27N5O3. The number of fused-ring (bicyclic) bond motifs is 1. The number of carbonyl (C=O) groups is 1. The predicted molar refractivity (Wildman–Crippen MR) is 131 cm³/mol. The summed E-state index contributed by atoms with van der Waals surface area (Å²) in [5.41, 5.74) is 3.95. The van der Waals surface area contributed by atoms with Crippen molar-refractivity contribution in [3.05, 3.63) is 71.9 Å². The molecule has 1 aliphatic rings. The zero-order valence-corrected chi connectivity index (χ0v) is 19.1. The molecule has 0 spiro atoms. The van der Waals surface area contributed by atoms with Crippen LogP contribution in [-0.4, -0.2) is 65.2 Å². The van der Waals surface area contributed by atoms with Crippen LogP contribution in [0, 0.1) is 6.92 Å². The van der Waals surface area contributed by atoms with Crippen molar-refractivity contribution in [1.82, 2.24) is 19.9 Å². The molecule has 0 radical (unpaired) electrons. The number of H-pyrrole nitrogens is 1. The average Bonchev–Trinajstić information content (AvgIpc) is 3.29. The molecule has 2 aromatic heterocycles. The maximum absolute atomic E-state index is 12.9. The molecule has 0 bridgehead atoms. The van der Waals surface area contributed by atoms with Crippen molar-refractivity contribution in [3.63, 3.8) is 0 Å². The van der Waals surface area contributed by atoms with E-state index in [1.807, 2.05) is 43.3 Å². The molecule has 5 rings (SSSR count). The van der Waals surface area contributed by atoms with Gasteiger partial charge in [-0.1, -0.05) is 12.1 Å². The average molecular weight is 458 g/mol. The van der Waals surface area contributed by atoms with Crippen molar-refractivity contribution in [2.45, 2.75) is 6.92 Å². The van der Waals surface area contributed by atoms with Crippen LogP contribution in [0.25, 0.3) is 22.4 Å². The van der Waals surface area contributed by atoms with Crippen molar-refractivity contribution in [2.24, 2.45) is 0 Å². The monoisotopic (exact) mass is 457 g/mol. The first kappa shape index (κ1) is 22.1. The topological polar surface area (TPSA) is 92.4 Å². The standard InChI is InChI=1S/C26H27N5O3/c1-18-17-19(34-16-13-31-11-14-33-15-12-31)8-9-20(18)25-28-22-6-4-5-21(24(22)30-25)26(32)29-23-7-2-3-10-27-23/h2-10,17H,11-16H2,1H3,(H,28,30)(H,27,29,32). The van der Waals surface area contributed by atoms with E-state index in [0.29, 0.717) is 29.3 Å². The molecule has 0 aliphatic carbocycles. The quantitative estimate of drug-likeness (QED) is 0.437. The van der Waals surface area contributed by atoms with E-state index in [0.717, 1.165) is 55.2 Å². The largest absolute Gasteiger partial charge is 0.492 e. The maximum Gasteiger partial charge on any atom is 0.259 e. The van der Waals surface area contributed by atoms with Gasteiger partial charge in [-0.25, -0.2) is 9.97 Å². The van der Waals surface area contributed by atoms with E-state index < -0.39 is 0 Å². The highest BCUT2D eigenvalue weighted by Crippen LogP contribution is 2.28. The number of benzene rings is 2. The first-order valence-electron chi connectivity index (χ1n) is 11.4. The Morgan fingerprint density at radius 1 is 1.15 bits per heavy atom. The van der Waals surface area contributed by atoms with Crippen LogP contribution in [0.15, 0.2) is 60.8 Å². The molecule has 34 heavy (non-hydrogen) atoms. The van der Waals surface area contributed by atoms with Gasteiger partial charge in [0.1, 0.15) is 24.0 Å². The summed E-state index contributed by atoms with van der Waals surface area (Å²) in [6.45, 7) is 7.04. The maximum atomic E-state index is 12.9. The Morgan fingerprint density at radius 3 is 2.82 bits per heavy atom. The van der Waals surface area contributed by atoms with E-state index >= 15 is 0 Å². The highest BCUT2D eigenvalue weighted by atomic mass is 16.5. The van der Waals surface area contributed by atoms with E-state index in [-0.39, 0.29) is 5.91 Å². The lowest BCUT2D eigenvalue weighted by atomic mass is 10.1. The molecule has 3 heterocycles. The van der Waals surface area contributed by atoms with Gasteiger partial charge in [-0.3, -0.25) is 9.69 Å². The Balaban J connectivity index is 1.32. The first-order chi connectivity index (χ1) is 16.7. The Labute approximate surface area is 197 Å². The van der Waals surface area contributed by atoms with Gasteiger partial charge < -0.3 is 19.8 Å². The van der Waals surface area contributed by atoms with Gasteiger partial charge >= 0.3 is 0 Å². The molecule has 8 nitrogen and oxygen atoms in total. The van der Waals surface area contributed by atoms with E-state index in [4.69, 9.17) is 14.5 Å². The van der Waals surface area contributed by atoms with Gasteiger partial charge in [0, 0.05) is 31.4 Å². The van der Waals surface area contributed by atoms with Crippen molar-refractivity contribution in [3.8, 4) is 17.1 Å². The lowest BCUT2D eigenvalue weighted by Crippen LogP contribution is -2.38. The number of nitrogens with one attached hydrogen (secondary N) is 2. The van der Waals surface area contributed by atoms with Crippen molar-refractivity contribution < 1.29 is 14.3 Å². The molecule has 0 saturated carbocycles. The molecular weight excluding hydrogens is 430 g/mol. The molecule has 4 aromatic rings. The van der Waals surface area contributed by atoms with Gasteiger partial charge in [0.15, 0.2) is 0 Å². The number of ether oxygens (including phenoxy) is 2. The van der Waals surface area contributed by atoms with Gasteiger partial charge in [0.2, 0.25) is 0 Å². The Morgan fingerprint density at radius 2 is 2.03 bits per heavy atom. The smallest absolute Gasteiger partial charge is 0.259 e. The lowest BCUT2D eigenvalue weighted by molar-refractivity contribution is 0.0322. The normalized spacial score (nSPS) is 14.3. The number of amides is 1. The summed E-state index contributed by atoms with van der Waals surface area (Å²) in [4.78, 5) is 27.5. The second-order valence-electron chi connectivity index (χ2n) is 8.23. The number of rotatable bonds is 7. The van der Waals surface area contributed by atoms with Crippen molar-refractivity contribution in [1.29, 1.82) is 0 Å². The number of carbonyl (C=O) groups excluding carboxylic acids is 1. The van der Waals surface area contributed by atoms with Crippen molar-refractivity contribution in [2.75, 3.05) is 44.8 Å². The summed E-state index contributed by atoms with van der Waals surface area (Å²) < 4.78 is 11.4. The molecule has 2 N–H and O–H groups in total. The van der Waals surface area contributed by atoms with E-state index in [2.05, 4.69) is 20.2 Å². The van der Waals surface area contributed by atoms with Gasteiger partial charge in [0.25, 0.3) is 5.91 Å². The summed E-state index contributed by atoms with van der Waals surface area (Å²) in [6.07, 6.45) is 1.64. The zero-order chi connectivity index (χ0) is 23.3. The van der Waals surface area contributed by atoms with Crippen LogP contribution in [-0.2, 0) is 4.74 Å². The molecule has 1 amide bonds. The third-order valence-electron chi connectivity index (χ3n) is 5.90. The summed E-state index contributed by atoms with van der Waals surface area (Å²) in [5.74, 6) is 1.82. The predicted octanol–water partition coefficient (Wildman–Crippen LogP) is 3.90. The van der Waals surface area contributed by atoms with Crippen LogP contribution in [0.5, 0.6) is 5.75 Å². The number of aromatic amines is 1. The summed E-state index contributed by atoms with van der Waals surface area (Å²) in [6, 6.07) is 16.9. The molecule has 8 heteroatoms. The van der Waals surface area contributed by atoms with E-state index in [1.165, 1.54) is 0 Å². The molecule has 174 valence electrons. The Bertz CT molecular complexity index is 1280. The van der Waals surface area contributed by atoms with Crippen molar-refractivity contribution >= 4 is 22.8 Å². The number of anilines is 1. The zero-order valence-electron chi connectivity index (χ0n) is 19.1. The number of nitrogens with zero attached hydrogens (tertiary/aromatic N) is 3.